The summed E-state index contributed by atoms with van der Waals surface area (Å²) in [6.07, 6.45) is 0.547. The highest BCUT2D eigenvalue weighted by Crippen LogP contribution is 2.19. The minimum Gasteiger partial charge on any atom is -0.444 e. The Morgan fingerprint density at radius 3 is 2.40 bits per heavy atom. The van der Waals surface area contributed by atoms with Crippen molar-refractivity contribution in [1.29, 1.82) is 0 Å². The van der Waals surface area contributed by atoms with Crippen LogP contribution >= 0.6 is 0 Å². The van der Waals surface area contributed by atoms with Crippen molar-refractivity contribution in [2.75, 3.05) is 27.2 Å². The second-order valence-electron chi connectivity index (χ2n) is 6.64. The molecule has 20 heavy (non-hydrogen) atoms. The van der Waals surface area contributed by atoms with Crippen molar-refractivity contribution in [3.63, 3.8) is 0 Å². The maximum absolute atomic E-state index is 12.1. The molecule has 1 heterocycles. The summed E-state index contributed by atoms with van der Waals surface area (Å²) in [5.41, 5.74) is -0.497. The van der Waals surface area contributed by atoms with E-state index in [2.05, 4.69) is 12.2 Å². The first kappa shape index (κ1) is 16.6. The quantitative estimate of drug-likeness (QED) is 0.800. The van der Waals surface area contributed by atoms with Crippen LogP contribution in [-0.4, -0.2) is 60.8 Å². The Morgan fingerprint density at radius 2 is 1.90 bits per heavy atom. The molecule has 0 radical (unpaired) electrons. The van der Waals surface area contributed by atoms with E-state index in [0.29, 0.717) is 19.0 Å². The zero-order valence-electron chi connectivity index (χ0n) is 13.4. The van der Waals surface area contributed by atoms with Crippen LogP contribution in [0.25, 0.3) is 0 Å². The van der Waals surface area contributed by atoms with Gasteiger partial charge in [-0.25, -0.2) is 9.59 Å². The molecule has 3 amide bonds. The molecule has 1 N–H and O–H groups in total. The molecule has 116 valence electrons. The molecule has 2 atom stereocenters. The molecular weight excluding hydrogens is 258 g/mol. The van der Waals surface area contributed by atoms with Crippen molar-refractivity contribution in [2.24, 2.45) is 5.92 Å². The van der Waals surface area contributed by atoms with E-state index >= 15 is 0 Å². The van der Waals surface area contributed by atoms with Crippen LogP contribution in [0.2, 0.25) is 0 Å². The van der Waals surface area contributed by atoms with E-state index < -0.39 is 5.60 Å². The maximum Gasteiger partial charge on any atom is 0.410 e. The second kappa shape index (κ2) is 6.33. The van der Waals surface area contributed by atoms with Crippen LogP contribution in [0, 0.1) is 5.92 Å². The van der Waals surface area contributed by atoms with E-state index in [1.807, 2.05) is 20.8 Å². The van der Waals surface area contributed by atoms with Gasteiger partial charge in [-0.15, -0.1) is 0 Å². The lowest BCUT2D eigenvalue weighted by atomic mass is 9.94. The van der Waals surface area contributed by atoms with Gasteiger partial charge in [-0.05, 0) is 33.1 Å². The van der Waals surface area contributed by atoms with Gasteiger partial charge in [0.15, 0.2) is 0 Å². The number of nitrogens with one attached hydrogen (secondary N) is 1. The van der Waals surface area contributed by atoms with Gasteiger partial charge in [-0.3, -0.25) is 0 Å². The predicted octanol–water partition coefficient (Wildman–Crippen LogP) is 1.90. The number of hydrogen-bond acceptors (Lipinski definition) is 3. The first-order valence-electron chi connectivity index (χ1n) is 7.06. The highest BCUT2D eigenvalue weighted by atomic mass is 16.6. The van der Waals surface area contributed by atoms with Crippen LogP contribution < -0.4 is 5.32 Å². The third kappa shape index (κ3) is 4.90. The summed E-state index contributed by atoms with van der Waals surface area (Å²) in [5.74, 6) is 0.345. The third-order valence-electron chi connectivity index (χ3n) is 3.33. The third-order valence-corrected chi connectivity index (χ3v) is 3.33. The maximum atomic E-state index is 12.1. The molecule has 1 saturated heterocycles. The van der Waals surface area contributed by atoms with Crippen molar-refractivity contribution < 1.29 is 14.3 Å². The van der Waals surface area contributed by atoms with Gasteiger partial charge < -0.3 is 19.9 Å². The molecule has 6 nitrogen and oxygen atoms in total. The molecule has 0 aromatic heterocycles. The fourth-order valence-corrected chi connectivity index (χ4v) is 2.04. The predicted molar refractivity (Wildman–Crippen MR) is 77.6 cm³/mol. The molecule has 0 aromatic rings. The van der Waals surface area contributed by atoms with Crippen molar-refractivity contribution in [3.05, 3.63) is 0 Å². The lowest BCUT2D eigenvalue weighted by molar-refractivity contribution is 0.0151. The Balaban J connectivity index is 2.61. The number of piperidine rings is 1. The zero-order chi connectivity index (χ0) is 15.5. The van der Waals surface area contributed by atoms with E-state index in [0.717, 1.165) is 6.42 Å². The van der Waals surface area contributed by atoms with Crippen molar-refractivity contribution >= 4 is 12.1 Å². The fraction of sp³-hybridized carbons (Fsp3) is 0.857. The summed E-state index contributed by atoms with van der Waals surface area (Å²) in [5, 5.41) is 2.95. The van der Waals surface area contributed by atoms with Crippen LogP contribution in [0.4, 0.5) is 9.59 Å². The second-order valence-corrected chi connectivity index (χ2v) is 6.64. The van der Waals surface area contributed by atoms with Crippen LogP contribution in [-0.2, 0) is 4.74 Å². The molecule has 0 aromatic carbocycles. The van der Waals surface area contributed by atoms with Gasteiger partial charge in [0.25, 0.3) is 0 Å². The molecule has 0 bridgehead atoms. The van der Waals surface area contributed by atoms with Crippen molar-refractivity contribution in [2.45, 2.75) is 45.8 Å². The number of urea groups is 1. The number of likely N-dealkylation sites (tertiary alicyclic amines) is 1. The molecule has 1 aliphatic rings. The summed E-state index contributed by atoms with van der Waals surface area (Å²) >= 11 is 0. The minimum absolute atomic E-state index is 0.0360. The molecule has 6 heteroatoms. The summed E-state index contributed by atoms with van der Waals surface area (Å²) in [7, 11) is 3.41. The highest BCUT2D eigenvalue weighted by Gasteiger charge is 2.32. The molecule has 0 aliphatic carbocycles. The molecule has 2 unspecified atom stereocenters. The highest BCUT2D eigenvalue weighted by molar-refractivity contribution is 5.74. The van der Waals surface area contributed by atoms with Crippen molar-refractivity contribution in [1.82, 2.24) is 15.1 Å². The Hall–Kier alpha value is -1.46. The number of ether oxygens (including phenoxy) is 1. The first-order chi connectivity index (χ1) is 9.10. The van der Waals surface area contributed by atoms with Gasteiger partial charge in [0.05, 0.1) is 6.04 Å². The van der Waals surface area contributed by atoms with Crippen LogP contribution in [0.3, 0.4) is 0 Å². The standard InChI is InChI=1S/C14H27N3O3/c1-10-7-8-17(13(19)20-14(2,3)4)9-11(10)15-12(18)16(5)6/h10-11H,7-9H2,1-6H3,(H,15,18). The van der Waals surface area contributed by atoms with Gasteiger partial charge in [0, 0.05) is 27.2 Å². The minimum atomic E-state index is -0.497. The number of carbonyl (C=O) groups excluding carboxylic acids is 2. The van der Waals surface area contributed by atoms with Gasteiger partial charge >= 0.3 is 12.1 Å². The average molecular weight is 285 g/mol. The molecule has 0 spiro atoms. The number of rotatable bonds is 1. The van der Waals surface area contributed by atoms with E-state index in [1.165, 1.54) is 4.90 Å². The first-order valence-corrected chi connectivity index (χ1v) is 7.06. The number of nitrogens with zero attached hydrogens (tertiary/aromatic N) is 2. The monoisotopic (exact) mass is 285 g/mol. The zero-order valence-corrected chi connectivity index (χ0v) is 13.4. The summed E-state index contributed by atoms with van der Waals surface area (Å²) in [6, 6.07) is -0.168. The smallest absolute Gasteiger partial charge is 0.410 e. The van der Waals surface area contributed by atoms with E-state index in [-0.39, 0.29) is 18.2 Å². The van der Waals surface area contributed by atoms with Gasteiger partial charge in [0.1, 0.15) is 5.60 Å². The van der Waals surface area contributed by atoms with Crippen LogP contribution in [0.1, 0.15) is 34.1 Å². The average Bonchev–Trinajstić information content (AvgIpc) is 2.29. The number of hydrogen-bond donors (Lipinski definition) is 1. The molecular formula is C14H27N3O3. The number of amides is 3. The van der Waals surface area contributed by atoms with Crippen LogP contribution in [0.5, 0.6) is 0 Å². The Bertz CT molecular complexity index is 363. The van der Waals surface area contributed by atoms with Gasteiger partial charge in [-0.1, -0.05) is 6.92 Å². The summed E-state index contributed by atoms with van der Waals surface area (Å²) < 4.78 is 5.38. The van der Waals surface area contributed by atoms with Gasteiger partial charge in [0.2, 0.25) is 0 Å². The van der Waals surface area contributed by atoms with E-state index in [4.69, 9.17) is 4.74 Å². The Kier molecular flexibility index (Phi) is 5.25. The lowest BCUT2D eigenvalue weighted by Crippen LogP contribution is -2.55. The topological polar surface area (TPSA) is 61.9 Å². The SMILES string of the molecule is CC1CCN(C(=O)OC(C)(C)C)CC1NC(=O)N(C)C. The Labute approximate surface area is 121 Å². The summed E-state index contributed by atoms with van der Waals surface area (Å²) in [4.78, 5) is 27.0. The van der Waals surface area contributed by atoms with E-state index in [9.17, 15) is 9.59 Å². The lowest BCUT2D eigenvalue weighted by Gasteiger charge is -2.38. The summed E-state index contributed by atoms with van der Waals surface area (Å²) in [6.45, 7) is 8.81. The number of carbonyl (C=O) groups is 2. The van der Waals surface area contributed by atoms with E-state index in [1.54, 1.807) is 19.0 Å². The molecule has 1 aliphatic heterocycles. The molecule has 1 rings (SSSR count). The largest absolute Gasteiger partial charge is 0.444 e. The normalized spacial score (nSPS) is 23.2. The Morgan fingerprint density at radius 1 is 1.30 bits per heavy atom. The molecule has 1 fully saturated rings. The van der Waals surface area contributed by atoms with Crippen molar-refractivity contribution in [3.8, 4) is 0 Å². The fourth-order valence-electron chi connectivity index (χ4n) is 2.04. The van der Waals surface area contributed by atoms with Gasteiger partial charge in [-0.2, -0.15) is 0 Å². The molecule has 0 saturated carbocycles. The van der Waals surface area contributed by atoms with Crippen LogP contribution in [0.15, 0.2) is 0 Å².